The molecule has 2 aromatic heterocycles. The molecule has 0 amide bonds. The second-order valence-corrected chi connectivity index (χ2v) is 17.4. The van der Waals surface area contributed by atoms with Gasteiger partial charge in [-0.25, -0.2) is 0 Å². The predicted octanol–water partition coefficient (Wildman–Crippen LogP) is 16.1. The average molecular weight is 848 g/mol. The molecule has 1 aliphatic heterocycles. The number of para-hydroxylation sites is 5. The molecule has 2 atom stereocenters. The molecule has 0 N–H and O–H groups in total. The number of aromatic nitrogens is 2. The summed E-state index contributed by atoms with van der Waals surface area (Å²) >= 11 is 0. The summed E-state index contributed by atoms with van der Waals surface area (Å²) in [5.74, 6) is 0.248. The third-order valence-electron chi connectivity index (χ3n) is 13.8. The lowest BCUT2D eigenvalue weighted by molar-refractivity contribution is 0.745. The number of fused-ring (bicyclic) bond motifs is 9. The highest BCUT2D eigenvalue weighted by Crippen LogP contribution is 2.50. The molecule has 0 fully saturated rings. The first-order chi connectivity index (χ1) is 32.7. The standard InChI is InChI=1S/C61H45N5/c1-62-56-34-30-46(63(42-18-6-2-7-19-42)48-32-36-60-52(38-48)50-26-14-16-28-58(50)65(60)44-22-10-4-11-23-44)40-54(56)55-41-47(31-35-57(55)62)64(43-20-8-3-9-21-43)49-33-37-61-53(39-49)51-27-15-17-29-59(51)66(61)45-24-12-5-13-25-45/h2-41,50,58H,1H3. The molecule has 5 heteroatoms. The van der Waals surface area contributed by atoms with Crippen molar-refractivity contribution in [3.05, 3.63) is 248 Å². The summed E-state index contributed by atoms with van der Waals surface area (Å²) < 4.78 is 4.71. The van der Waals surface area contributed by atoms with Crippen LogP contribution < -0.4 is 14.7 Å². The van der Waals surface area contributed by atoms with Crippen LogP contribution in [0.5, 0.6) is 0 Å². The van der Waals surface area contributed by atoms with Crippen molar-refractivity contribution in [2.75, 3.05) is 14.7 Å². The number of hydrogen-bond donors (Lipinski definition) is 0. The van der Waals surface area contributed by atoms with Crippen molar-refractivity contribution in [3.8, 4) is 5.69 Å². The maximum absolute atomic E-state index is 2.50. The molecule has 0 radical (unpaired) electrons. The highest BCUT2D eigenvalue weighted by Gasteiger charge is 2.38. The van der Waals surface area contributed by atoms with Gasteiger partial charge in [0.1, 0.15) is 0 Å². The van der Waals surface area contributed by atoms with Gasteiger partial charge in [0.15, 0.2) is 0 Å². The smallest absolute Gasteiger partial charge is 0.0629 e. The Bertz CT molecular complexity index is 3680. The monoisotopic (exact) mass is 847 g/mol. The van der Waals surface area contributed by atoms with E-state index in [2.05, 4.69) is 274 Å². The van der Waals surface area contributed by atoms with E-state index < -0.39 is 0 Å². The summed E-state index contributed by atoms with van der Waals surface area (Å²) in [6.07, 6.45) is 9.10. The maximum atomic E-state index is 2.50. The maximum Gasteiger partial charge on any atom is 0.0629 e. The van der Waals surface area contributed by atoms with Gasteiger partial charge >= 0.3 is 0 Å². The van der Waals surface area contributed by atoms with Crippen LogP contribution in [0.3, 0.4) is 0 Å². The molecule has 2 unspecified atom stereocenters. The lowest BCUT2D eigenvalue weighted by Gasteiger charge is -2.28. The van der Waals surface area contributed by atoms with Gasteiger partial charge in [-0.15, -0.1) is 0 Å². The van der Waals surface area contributed by atoms with Gasteiger partial charge < -0.3 is 23.8 Å². The van der Waals surface area contributed by atoms with Crippen LogP contribution in [0.25, 0.3) is 49.3 Å². The zero-order valence-electron chi connectivity index (χ0n) is 36.5. The number of rotatable bonds is 8. The van der Waals surface area contributed by atoms with E-state index in [9.17, 15) is 0 Å². The average Bonchev–Trinajstić information content (AvgIpc) is 3.99. The molecular formula is C61H45N5. The molecule has 2 aliphatic rings. The Kier molecular flexibility index (Phi) is 8.81. The van der Waals surface area contributed by atoms with Crippen LogP contribution in [0.1, 0.15) is 11.5 Å². The molecule has 0 bridgehead atoms. The summed E-state index contributed by atoms with van der Waals surface area (Å²) in [7, 11) is 2.19. The van der Waals surface area contributed by atoms with Gasteiger partial charge in [-0.05, 0) is 133 Å². The van der Waals surface area contributed by atoms with E-state index in [-0.39, 0.29) is 12.0 Å². The first-order valence-corrected chi connectivity index (χ1v) is 22.8. The quantitative estimate of drug-likeness (QED) is 0.152. The second-order valence-electron chi connectivity index (χ2n) is 17.4. The Morgan fingerprint density at radius 1 is 0.364 bits per heavy atom. The Hall–Kier alpha value is -8.54. The van der Waals surface area contributed by atoms with Crippen molar-refractivity contribution in [3.63, 3.8) is 0 Å². The van der Waals surface area contributed by atoms with Crippen molar-refractivity contribution < 1.29 is 0 Å². The zero-order valence-corrected chi connectivity index (χ0v) is 36.5. The Morgan fingerprint density at radius 3 is 1.42 bits per heavy atom. The molecule has 314 valence electrons. The van der Waals surface area contributed by atoms with E-state index in [4.69, 9.17) is 0 Å². The Labute approximate surface area is 384 Å². The highest BCUT2D eigenvalue weighted by molar-refractivity contribution is 6.12. The fourth-order valence-electron chi connectivity index (χ4n) is 10.8. The summed E-state index contributed by atoms with van der Waals surface area (Å²) in [4.78, 5) is 7.32. The van der Waals surface area contributed by atoms with Gasteiger partial charge in [-0.2, -0.15) is 0 Å². The van der Waals surface area contributed by atoms with Gasteiger partial charge in [0.25, 0.3) is 0 Å². The Morgan fingerprint density at radius 2 is 0.818 bits per heavy atom. The fraction of sp³-hybridized carbons (Fsp3) is 0.0492. The van der Waals surface area contributed by atoms with Crippen molar-refractivity contribution in [1.82, 2.24) is 9.13 Å². The topological polar surface area (TPSA) is 19.6 Å². The van der Waals surface area contributed by atoms with Gasteiger partial charge in [0, 0.05) is 96.7 Å². The van der Waals surface area contributed by atoms with Gasteiger partial charge in [-0.1, -0.05) is 115 Å². The van der Waals surface area contributed by atoms with E-state index >= 15 is 0 Å². The van der Waals surface area contributed by atoms with Gasteiger partial charge in [0.2, 0.25) is 0 Å². The van der Waals surface area contributed by atoms with Crippen molar-refractivity contribution in [2.45, 2.75) is 12.0 Å². The molecule has 13 rings (SSSR count). The van der Waals surface area contributed by atoms with Gasteiger partial charge in [0.05, 0.1) is 17.1 Å². The summed E-state index contributed by atoms with van der Waals surface area (Å²) in [5, 5.41) is 4.86. The molecule has 3 heterocycles. The fourth-order valence-corrected chi connectivity index (χ4v) is 10.8. The van der Waals surface area contributed by atoms with E-state index in [0.29, 0.717) is 0 Å². The molecule has 5 nitrogen and oxygen atoms in total. The molecule has 9 aromatic carbocycles. The predicted molar refractivity (Wildman–Crippen MR) is 278 cm³/mol. The molecule has 0 saturated carbocycles. The minimum Gasteiger partial charge on any atom is -0.344 e. The van der Waals surface area contributed by atoms with Crippen LogP contribution in [-0.2, 0) is 7.05 Å². The number of allylic oxidation sites excluding steroid dienone is 2. The molecule has 0 saturated heterocycles. The number of anilines is 8. The molecule has 66 heavy (non-hydrogen) atoms. The molecule has 1 aliphatic carbocycles. The lowest BCUT2D eigenvalue weighted by Crippen LogP contribution is -2.28. The first-order valence-electron chi connectivity index (χ1n) is 22.8. The zero-order chi connectivity index (χ0) is 43.7. The van der Waals surface area contributed by atoms with E-state index in [1.807, 2.05) is 0 Å². The summed E-state index contributed by atoms with van der Waals surface area (Å²) in [5.41, 5.74) is 16.4. The minimum atomic E-state index is 0.223. The van der Waals surface area contributed by atoms with E-state index in [1.165, 1.54) is 60.5 Å². The number of hydrogen-bond acceptors (Lipinski definition) is 3. The van der Waals surface area contributed by atoms with E-state index in [0.717, 1.165) is 39.8 Å². The SMILES string of the molecule is Cn1c2ccc(N(c3ccccc3)c3ccc4c(c3)C3C=CC=CC3N4c3ccccc3)cc2c2cc(N(c3ccccc3)c3ccc4c(c3)c3ccccc3n4-c3ccccc3)ccc21. The first kappa shape index (κ1) is 38.0. The van der Waals surface area contributed by atoms with Crippen molar-refractivity contribution in [1.29, 1.82) is 0 Å². The van der Waals surface area contributed by atoms with Crippen LogP contribution in [-0.4, -0.2) is 15.2 Å². The van der Waals surface area contributed by atoms with Crippen LogP contribution in [0.4, 0.5) is 45.5 Å². The second kappa shape index (κ2) is 15.3. The third kappa shape index (κ3) is 6.01. The summed E-state index contributed by atoms with van der Waals surface area (Å²) in [6, 6.07) is 79.9. The lowest BCUT2D eigenvalue weighted by atomic mass is 9.91. The molecular weight excluding hydrogens is 803 g/mol. The van der Waals surface area contributed by atoms with E-state index in [1.54, 1.807) is 0 Å². The third-order valence-corrected chi connectivity index (χ3v) is 13.8. The summed E-state index contributed by atoms with van der Waals surface area (Å²) in [6.45, 7) is 0. The van der Waals surface area contributed by atoms with Crippen molar-refractivity contribution in [2.24, 2.45) is 7.05 Å². The highest BCUT2D eigenvalue weighted by atomic mass is 15.2. The van der Waals surface area contributed by atoms with Crippen LogP contribution >= 0.6 is 0 Å². The van der Waals surface area contributed by atoms with Crippen LogP contribution in [0.2, 0.25) is 0 Å². The number of nitrogens with zero attached hydrogens (tertiary/aromatic N) is 5. The molecule has 11 aromatic rings. The number of benzene rings is 9. The van der Waals surface area contributed by atoms with Crippen LogP contribution in [0, 0.1) is 0 Å². The Balaban J connectivity index is 0.961. The van der Waals surface area contributed by atoms with Gasteiger partial charge in [-0.3, -0.25) is 0 Å². The minimum absolute atomic E-state index is 0.223. The van der Waals surface area contributed by atoms with Crippen LogP contribution in [0.15, 0.2) is 243 Å². The normalized spacial score (nSPS) is 15.2. The number of aryl methyl sites for hydroxylation is 1. The van der Waals surface area contributed by atoms with Crippen molar-refractivity contribution >= 4 is 89.1 Å². The molecule has 0 spiro atoms. The largest absolute Gasteiger partial charge is 0.344 e.